The van der Waals surface area contributed by atoms with E-state index in [2.05, 4.69) is 5.32 Å². The summed E-state index contributed by atoms with van der Waals surface area (Å²) in [7, 11) is -2.13. The van der Waals surface area contributed by atoms with E-state index in [-0.39, 0.29) is 10.1 Å². The number of nitrogens with zero attached hydrogens (tertiary/aromatic N) is 1. The second-order valence-corrected chi connectivity index (χ2v) is 11.7. The Morgan fingerprint density at radius 1 is 1.06 bits per heavy atom. The summed E-state index contributed by atoms with van der Waals surface area (Å²) < 4.78 is 38.7. The fourth-order valence-corrected chi connectivity index (χ4v) is 7.01. The zero-order valence-electron chi connectivity index (χ0n) is 18.6. The van der Waals surface area contributed by atoms with Crippen molar-refractivity contribution >= 4 is 38.9 Å². The maximum atomic E-state index is 13.0. The molecule has 1 N–H and O–H groups in total. The van der Waals surface area contributed by atoms with Crippen LogP contribution in [0.25, 0.3) is 0 Å². The minimum Gasteiger partial charge on any atom is -0.497 e. The highest BCUT2D eigenvalue weighted by atomic mass is 35.5. The van der Waals surface area contributed by atoms with Gasteiger partial charge in [-0.25, -0.2) is 8.42 Å². The number of benzene rings is 2. The van der Waals surface area contributed by atoms with Gasteiger partial charge in [0.25, 0.3) is 10.0 Å². The van der Waals surface area contributed by atoms with Gasteiger partial charge in [-0.05, 0) is 60.4 Å². The molecule has 1 aliphatic rings. The van der Waals surface area contributed by atoms with E-state index in [0.29, 0.717) is 36.9 Å². The number of methoxy groups -OCH3 is 1. The Kier molecular flexibility index (Phi) is 7.77. The number of carbonyl (C=O) groups excluding carboxylic acids is 1. The van der Waals surface area contributed by atoms with Gasteiger partial charge in [0.05, 0.1) is 11.4 Å². The number of halogens is 1. The molecule has 7 nitrogen and oxygen atoms in total. The highest BCUT2D eigenvalue weighted by Gasteiger charge is 2.39. The first-order valence-electron chi connectivity index (χ1n) is 10.8. The highest BCUT2D eigenvalue weighted by molar-refractivity contribution is 7.91. The van der Waals surface area contributed by atoms with Crippen molar-refractivity contribution in [2.75, 3.05) is 13.7 Å². The third-order valence-electron chi connectivity index (χ3n) is 5.57. The van der Waals surface area contributed by atoms with Gasteiger partial charge in [-0.3, -0.25) is 4.79 Å². The molecule has 1 aromatic heterocycles. The molecule has 0 radical (unpaired) electrons. The summed E-state index contributed by atoms with van der Waals surface area (Å²) in [6.07, 6.45) is 1.13. The Bertz CT molecular complexity index is 1230. The van der Waals surface area contributed by atoms with Crippen molar-refractivity contribution in [3.63, 3.8) is 0 Å². The molecule has 1 amide bonds. The topological polar surface area (TPSA) is 84.9 Å². The number of ether oxygens (including phenoxy) is 2. The average Bonchev–Trinajstić information content (AvgIpc) is 3.52. The molecule has 0 unspecified atom stereocenters. The minimum absolute atomic E-state index is 0.157. The fraction of sp³-hybridized carbons (Fsp3) is 0.292. The average molecular weight is 521 g/mol. The molecule has 0 aliphatic carbocycles. The molecule has 34 heavy (non-hydrogen) atoms. The van der Waals surface area contributed by atoms with Crippen molar-refractivity contribution in [2.45, 2.75) is 36.2 Å². The molecule has 10 heteroatoms. The summed E-state index contributed by atoms with van der Waals surface area (Å²) in [5, 5.41) is 2.88. The van der Waals surface area contributed by atoms with Crippen molar-refractivity contribution < 1.29 is 22.7 Å². The predicted octanol–water partition coefficient (Wildman–Crippen LogP) is 4.46. The Morgan fingerprint density at radius 2 is 1.74 bits per heavy atom. The maximum absolute atomic E-state index is 13.0. The van der Waals surface area contributed by atoms with Crippen LogP contribution in [0.2, 0.25) is 4.34 Å². The lowest BCUT2D eigenvalue weighted by Crippen LogP contribution is -2.45. The normalized spacial score (nSPS) is 16.4. The lowest BCUT2D eigenvalue weighted by molar-refractivity contribution is -0.124. The van der Waals surface area contributed by atoms with Crippen molar-refractivity contribution in [2.24, 2.45) is 0 Å². The standard InChI is InChI=1S/C24H25ClN2O5S2/c1-31-19-8-10-20(11-9-19)32-16-18-6-4-17(5-7-18)15-26-24(28)21-3-2-14-27(21)34(29,30)23-13-12-22(25)33-23/h4-13,21H,2-3,14-16H2,1H3,(H,26,28)/t21-/m0/s1. The number of hydrogen-bond donors (Lipinski definition) is 1. The number of sulfonamides is 1. The van der Waals surface area contributed by atoms with Gasteiger partial charge in [-0.1, -0.05) is 35.9 Å². The van der Waals surface area contributed by atoms with E-state index in [1.807, 2.05) is 48.5 Å². The number of carbonyl (C=O) groups is 1. The van der Waals surface area contributed by atoms with E-state index in [1.165, 1.54) is 10.4 Å². The Hall–Kier alpha value is -2.59. The van der Waals surface area contributed by atoms with Crippen LogP contribution in [0.15, 0.2) is 64.9 Å². The molecule has 1 fully saturated rings. The van der Waals surface area contributed by atoms with Crippen LogP contribution < -0.4 is 14.8 Å². The summed E-state index contributed by atoms with van der Waals surface area (Å²) in [6.45, 7) is 1.05. The zero-order valence-corrected chi connectivity index (χ0v) is 21.0. The zero-order chi connectivity index (χ0) is 24.1. The van der Waals surface area contributed by atoms with Gasteiger partial charge in [-0.15, -0.1) is 11.3 Å². The molecule has 2 aromatic carbocycles. The summed E-state index contributed by atoms with van der Waals surface area (Å²) in [5.74, 6) is 1.22. The first-order chi connectivity index (χ1) is 16.4. The smallest absolute Gasteiger partial charge is 0.253 e. The van der Waals surface area contributed by atoms with Gasteiger partial charge in [0.2, 0.25) is 5.91 Å². The molecule has 1 saturated heterocycles. The monoisotopic (exact) mass is 520 g/mol. The number of rotatable bonds is 9. The Labute approximate surface area is 208 Å². The first-order valence-corrected chi connectivity index (χ1v) is 13.4. The number of hydrogen-bond acceptors (Lipinski definition) is 6. The molecule has 1 atom stereocenters. The highest BCUT2D eigenvalue weighted by Crippen LogP contribution is 2.32. The van der Waals surface area contributed by atoms with Crippen molar-refractivity contribution in [1.29, 1.82) is 0 Å². The van der Waals surface area contributed by atoms with E-state index in [1.54, 1.807) is 13.2 Å². The summed E-state index contributed by atoms with van der Waals surface area (Å²) >= 11 is 6.91. The van der Waals surface area contributed by atoms with Crippen molar-refractivity contribution in [3.05, 3.63) is 76.1 Å². The van der Waals surface area contributed by atoms with Crippen LogP contribution >= 0.6 is 22.9 Å². The Balaban J connectivity index is 1.30. The summed E-state index contributed by atoms with van der Waals surface area (Å²) in [6, 6.07) is 17.4. The van der Waals surface area contributed by atoms with Crippen LogP contribution in [0.1, 0.15) is 24.0 Å². The van der Waals surface area contributed by atoms with Crippen molar-refractivity contribution in [3.8, 4) is 11.5 Å². The van der Waals surface area contributed by atoms with Gasteiger partial charge in [0.1, 0.15) is 28.4 Å². The minimum atomic E-state index is -3.75. The van der Waals surface area contributed by atoms with Crippen molar-refractivity contribution in [1.82, 2.24) is 9.62 Å². The third-order valence-corrected chi connectivity index (χ3v) is 9.18. The molecule has 0 spiro atoms. The molecule has 2 heterocycles. The predicted molar refractivity (Wildman–Crippen MR) is 132 cm³/mol. The Morgan fingerprint density at radius 3 is 2.38 bits per heavy atom. The molecular weight excluding hydrogens is 496 g/mol. The van der Waals surface area contributed by atoms with Crippen LogP contribution in [0.3, 0.4) is 0 Å². The second kappa shape index (κ2) is 10.8. The fourth-order valence-electron chi connectivity index (χ4n) is 3.74. The third kappa shape index (κ3) is 5.72. The van der Waals surface area contributed by atoms with Crippen LogP contribution in [0.4, 0.5) is 0 Å². The molecule has 4 rings (SSSR count). The molecule has 3 aromatic rings. The van der Waals surface area contributed by atoms with E-state index < -0.39 is 16.1 Å². The van der Waals surface area contributed by atoms with Crippen LogP contribution in [0, 0.1) is 0 Å². The lowest BCUT2D eigenvalue weighted by atomic mass is 10.1. The quantitative estimate of drug-likeness (QED) is 0.450. The SMILES string of the molecule is COc1ccc(OCc2ccc(CNC(=O)[C@@H]3CCCN3S(=O)(=O)c3ccc(Cl)s3)cc2)cc1. The van der Waals surface area contributed by atoms with Gasteiger partial charge in [-0.2, -0.15) is 4.31 Å². The van der Waals surface area contributed by atoms with E-state index in [9.17, 15) is 13.2 Å². The van der Waals surface area contributed by atoms with E-state index in [4.69, 9.17) is 21.1 Å². The maximum Gasteiger partial charge on any atom is 0.253 e. The van der Waals surface area contributed by atoms with E-state index in [0.717, 1.165) is 34.0 Å². The molecule has 0 bridgehead atoms. The number of thiophene rings is 1. The van der Waals surface area contributed by atoms with Crippen LogP contribution in [-0.2, 0) is 28.0 Å². The van der Waals surface area contributed by atoms with Gasteiger partial charge >= 0.3 is 0 Å². The first kappa shape index (κ1) is 24.5. The molecular formula is C24H25ClN2O5S2. The van der Waals surface area contributed by atoms with Gasteiger partial charge < -0.3 is 14.8 Å². The van der Waals surface area contributed by atoms with E-state index >= 15 is 0 Å². The number of nitrogens with one attached hydrogen (secondary N) is 1. The summed E-state index contributed by atoms with van der Waals surface area (Å²) in [4.78, 5) is 12.8. The van der Waals surface area contributed by atoms with Gasteiger partial charge in [0, 0.05) is 13.1 Å². The second-order valence-electron chi connectivity index (χ2n) is 7.83. The summed E-state index contributed by atoms with van der Waals surface area (Å²) in [5.41, 5.74) is 1.91. The molecule has 1 aliphatic heterocycles. The molecule has 0 saturated carbocycles. The number of amides is 1. The molecule has 180 valence electrons. The van der Waals surface area contributed by atoms with Crippen LogP contribution in [-0.4, -0.2) is 38.3 Å². The van der Waals surface area contributed by atoms with Crippen LogP contribution in [0.5, 0.6) is 11.5 Å². The van der Waals surface area contributed by atoms with Gasteiger partial charge in [0.15, 0.2) is 0 Å². The lowest BCUT2D eigenvalue weighted by Gasteiger charge is -2.22. The largest absolute Gasteiger partial charge is 0.497 e.